The Morgan fingerprint density at radius 1 is 1.33 bits per heavy atom. The van der Waals surface area contributed by atoms with E-state index in [2.05, 4.69) is 50.5 Å². The molecule has 0 aromatic heterocycles. The van der Waals surface area contributed by atoms with Crippen LogP contribution in [0.15, 0.2) is 33.7 Å². The molecular formula is C14H20BrN3. The second-order valence-corrected chi connectivity index (χ2v) is 5.74. The number of aliphatic imine (C=N–C) groups is 1. The fourth-order valence-electron chi connectivity index (χ4n) is 1.94. The van der Waals surface area contributed by atoms with E-state index in [1.54, 1.807) is 0 Å². The molecule has 2 rings (SSSR count). The Labute approximate surface area is 117 Å². The summed E-state index contributed by atoms with van der Waals surface area (Å²) in [4.78, 5) is 4.37. The van der Waals surface area contributed by atoms with Crippen molar-refractivity contribution >= 4 is 21.9 Å². The van der Waals surface area contributed by atoms with Gasteiger partial charge < -0.3 is 11.1 Å². The van der Waals surface area contributed by atoms with E-state index in [-0.39, 0.29) is 0 Å². The van der Waals surface area contributed by atoms with Crippen LogP contribution in [0.4, 0.5) is 0 Å². The van der Waals surface area contributed by atoms with E-state index in [0.717, 1.165) is 29.9 Å². The van der Waals surface area contributed by atoms with E-state index in [4.69, 9.17) is 5.73 Å². The van der Waals surface area contributed by atoms with Gasteiger partial charge in [-0.15, -0.1) is 0 Å². The first kappa shape index (κ1) is 13.4. The van der Waals surface area contributed by atoms with Crippen molar-refractivity contribution in [2.24, 2.45) is 16.6 Å². The van der Waals surface area contributed by atoms with Gasteiger partial charge in [-0.1, -0.05) is 34.5 Å². The van der Waals surface area contributed by atoms with Gasteiger partial charge in [0.2, 0.25) is 0 Å². The van der Waals surface area contributed by atoms with Crippen LogP contribution in [0, 0.1) is 5.92 Å². The van der Waals surface area contributed by atoms with Crippen molar-refractivity contribution in [3.63, 3.8) is 0 Å². The number of guanidine groups is 1. The largest absolute Gasteiger partial charge is 0.370 e. The van der Waals surface area contributed by atoms with Crippen molar-refractivity contribution in [3.8, 4) is 0 Å². The topological polar surface area (TPSA) is 50.4 Å². The molecule has 3 nitrogen and oxygen atoms in total. The van der Waals surface area contributed by atoms with Crippen LogP contribution < -0.4 is 11.1 Å². The van der Waals surface area contributed by atoms with Gasteiger partial charge in [-0.05, 0) is 42.9 Å². The number of nitrogens with one attached hydrogen (secondary N) is 1. The van der Waals surface area contributed by atoms with Crippen molar-refractivity contribution in [3.05, 3.63) is 34.3 Å². The average molecular weight is 310 g/mol. The summed E-state index contributed by atoms with van der Waals surface area (Å²) >= 11 is 3.43. The predicted molar refractivity (Wildman–Crippen MR) is 79.7 cm³/mol. The second kappa shape index (κ2) is 6.78. The van der Waals surface area contributed by atoms with Gasteiger partial charge in [-0.2, -0.15) is 0 Å². The van der Waals surface area contributed by atoms with Gasteiger partial charge in [0.15, 0.2) is 5.96 Å². The van der Waals surface area contributed by atoms with Gasteiger partial charge in [0, 0.05) is 17.6 Å². The molecule has 18 heavy (non-hydrogen) atoms. The first-order valence-corrected chi connectivity index (χ1v) is 7.31. The highest BCUT2D eigenvalue weighted by molar-refractivity contribution is 9.10. The second-order valence-electron chi connectivity index (χ2n) is 4.83. The summed E-state index contributed by atoms with van der Waals surface area (Å²) in [7, 11) is 0. The van der Waals surface area contributed by atoms with Crippen molar-refractivity contribution in [1.29, 1.82) is 0 Å². The number of hydrogen-bond acceptors (Lipinski definition) is 1. The average Bonchev–Trinajstić information content (AvgIpc) is 2.30. The molecule has 0 radical (unpaired) electrons. The standard InChI is InChI=1S/C14H20BrN3/c15-13-6-4-11(5-7-13)8-9-17-14(16)18-10-12-2-1-3-12/h4-7,12H,1-3,8-10H2,(H3,16,17,18). The van der Waals surface area contributed by atoms with Gasteiger partial charge in [-0.3, -0.25) is 4.99 Å². The van der Waals surface area contributed by atoms with E-state index < -0.39 is 0 Å². The Morgan fingerprint density at radius 3 is 2.67 bits per heavy atom. The van der Waals surface area contributed by atoms with Crippen LogP contribution in [0.1, 0.15) is 24.8 Å². The van der Waals surface area contributed by atoms with E-state index in [0.29, 0.717) is 5.96 Å². The monoisotopic (exact) mass is 309 g/mol. The van der Waals surface area contributed by atoms with Gasteiger partial charge in [0.1, 0.15) is 0 Å². The Kier molecular flexibility index (Phi) is 5.05. The number of nitrogens with two attached hydrogens (primary N) is 1. The maximum Gasteiger partial charge on any atom is 0.188 e. The van der Waals surface area contributed by atoms with Crippen molar-refractivity contribution in [2.75, 3.05) is 13.1 Å². The summed E-state index contributed by atoms with van der Waals surface area (Å²) in [6.07, 6.45) is 4.95. The van der Waals surface area contributed by atoms with E-state index in [9.17, 15) is 0 Å². The highest BCUT2D eigenvalue weighted by Crippen LogP contribution is 2.26. The molecular weight excluding hydrogens is 290 g/mol. The van der Waals surface area contributed by atoms with Gasteiger partial charge in [-0.25, -0.2) is 0 Å². The third-order valence-corrected chi connectivity index (χ3v) is 3.91. The van der Waals surface area contributed by atoms with Crippen LogP contribution in [0.5, 0.6) is 0 Å². The fraction of sp³-hybridized carbons (Fsp3) is 0.500. The molecule has 98 valence electrons. The van der Waals surface area contributed by atoms with Gasteiger partial charge >= 0.3 is 0 Å². The van der Waals surface area contributed by atoms with Crippen LogP contribution in [0.2, 0.25) is 0 Å². The van der Waals surface area contributed by atoms with E-state index in [1.165, 1.54) is 24.8 Å². The molecule has 1 saturated carbocycles. The van der Waals surface area contributed by atoms with Crippen LogP contribution in [-0.4, -0.2) is 19.0 Å². The first-order chi connectivity index (χ1) is 8.74. The Balaban J connectivity index is 1.66. The molecule has 4 heteroatoms. The first-order valence-electron chi connectivity index (χ1n) is 6.52. The normalized spacial score (nSPS) is 16.4. The Hall–Kier alpha value is -1.03. The quantitative estimate of drug-likeness (QED) is 0.649. The molecule has 1 fully saturated rings. The van der Waals surface area contributed by atoms with Gasteiger partial charge in [0.25, 0.3) is 0 Å². The molecule has 0 heterocycles. The number of halogens is 1. The minimum atomic E-state index is 0.582. The van der Waals surface area contributed by atoms with Crippen molar-refractivity contribution in [2.45, 2.75) is 25.7 Å². The summed E-state index contributed by atoms with van der Waals surface area (Å²) in [6.45, 7) is 1.72. The molecule has 0 atom stereocenters. The lowest BCUT2D eigenvalue weighted by Crippen LogP contribution is -2.34. The number of nitrogens with zero attached hydrogens (tertiary/aromatic N) is 1. The lowest BCUT2D eigenvalue weighted by molar-refractivity contribution is 0.326. The third-order valence-electron chi connectivity index (χ3n) is 3.38. The molecule has 1 aromatic carbocycles. The Bertz CT molecular complexity index is 396. The molecule has 0 bridgehead atoms. The molecule has 1 aliphatic carbocycles. The fourth-order valence-corrected chi connectivity index (χ4v) is 2.21. The molecule has 0 spiro atoms. The zero-order valence-electron chi connectivity index (χ0n) is 10.5. The zero-order chi connectivity index (χ0) is 12.8. The minimum absolute atomic E-state index is 0.582. The molecule has 0 saturated heterocycles. The molecule has 3 N–H and O–H groups in total. The zero-order valence-corrected chi connectivity index (χ0v) is 12.1. The summed E-state index contributed by atoms with van der Waals surface area (Å²) in [5.74, 6) is 1.36. The van der Waals surface area contributed by atoms with E-state index in [1.807, 2.05) is 0 Å². The van der Waals surface area contributed by atoms with Crippen LogP contribution in [-0.2, 0) is 6.42 Å². The number of rotatable bonds is 5. The highest BCUT2D eigenvalue weighted by atomic mass is 79.9. The maximum atomic E-state index is 5.82. The summed E-state index contributed by atoms with van der Waals surface area (Å²) < 4.78 is 1.11. The molecule has 1 aliphatic rings. The molecule has 0 aliphatic heterocycles. The maximum absolute atomic E-state index is 5.82. The predicted octanol–water partition coefficient (Wildman–Crippen LogP) is 2.70. The van der Waals surface area contributed by atoms with Crippen LogP contribution in [0.25, 0.3) is 0 Å². The molecule has 1 aromatic rings. The van der Waals surface area contributed by atoms with Crippen LogP contribution >= 0.6 is 15.9 Å². The molecule has 0 amide bonds. The minimum Gasteiger partial charge on any atom is -0.370 e. The SMILES string of the molecule is NC(=NCC1CCC1)NCCc1ccc(Br)cc1. The number of hydrogen-bond donors (Lipinski definition) is 2. The van der Waals surface area contributed by atoms with E-state index >= 15 is 0 Å². The smallest absolute Gasteiger partial charge is 0.188 e. The summed E-state index contributed by atoms with van der Waals surface area (Å²) in [5, 5.41) is 3.17. The van der Waals surface area contributed by atoms with Crippen molar-refractivity contribution in [1.82, 2.24) is 5.32 Å². The number of benzene rings is 1. The van der Waals surface area contributed by atoms with Crippen molar-refractivity contribution < 1.29 is 0 Å². The third kappa shape index (κ3) is 4.33. The molecule has 0 unspecified atom stereocenters. The Morgan fingerprint density at radius 2 is 2.06 bits per heavy atom. The van der Waals surface area contributed by atoms with Gasteiger partial charge in [0.05, 0.1) is 0 Å². The van der Waals surface area contributed by atoms with Crippen LogP contribution in [0.3, 0.4) is 0 Å². The summed E-state index contributed by atoms with van der Waals surface area (Å²) in [6, 6.07) is 8.35. The summed E-state index contributed by atoms with van der Waals surface area (Å²) in [5.41, 5.74) is 7.12. The highest BCUT2D eigenvalue weighted by Gasteiger charge is 2.16. The lowest BCUT2D eigenvalue weighted by atomic mass is 9.86. The lowest BCUT2D eigenvalue weighted by Gasteiger charge is -2.23.